The average molecular weight is 358 g/mol. The van der Waals surface area contributed by atoms with Gasteiger partial charge in [0.1, 0.15) is 5.52 Å². The normalized spacial score (nSPS) is 15.4. The van der Waals surface area contributed by atoms with Crippen LogP contribution in [0.1, 0.15) is 32.1 Å². The second-order valence-electron chi connectivity index (χ2n) is 6.42. The van der Waals surface area contributed by atoms with Gasteiger partial charge in [0, 0.05) is 10.7 Å². The van der Waals surface area contributed by atoms with Crippen molar-refractivity contribution in [2.45, 2.75) is 32.1 Å². The molecule has 1 aliphatic carbocycles. The molecule has 7 heteroatoms. The van der Waals surface area contributed by atoms with Crippen LogP contribution in [-0.2, 0) is 0 Å². The number of imidazole rings is 1. The molecule has 3 aromatic rings. The van der Waals surface area contributed by atoms with Gasteiger partial charge in [-0.25, -0.2) is 4.98 Å². The number of nitrogens with zero attached hydrogens (tertiary/aromatic N) is 3. The zero-order valence-corrected chi connectivity index (χ0v) is 14.6. The molecule has 1 fully saturated rings. The Bertz CT molecular complexity index is 860. The van der Waals surface area contributed by atoms with E-state index >= 15 is 0 Å². The van der Waals surface area contributed by atoms with Crippen molar-refractivity contribution < 1.29 is 4.74 Å². The monoisotopic (exact) mass is 357 g/mol. The lowest BCUT2D eigenvalue weighted by Crippen LogP contribution is -2.15. The van der Waals surface area contributed by atoms with E-state index in [1.54, 1.807) is 6.20 Å². The minimum atomic E-state index is 0.472. The van der Waals surface area contributed by atoms with E-state index in [0.717, 1.165) is 11.2 Å². The van der Waals surface area contributed by atoms with E-state index in [0.29, 0.717) is 35.2 Å². The van der Waals surface area contributed by atoms with Gasteiger partial charge in [-0.05, 0) is 37.0 Å². The maximum Gasteiger partial charge on any atom is 0.296 e. The number of benzene rings is 1. The predicted molar refractivity (Wildman–Crippen MR) is 98.5 cm³/mol. The Morgan fingerprint density at radius 1 is 1.20 bits per heavy atom. The lowest BCUT2D eigenvalue weighted by Gasteiger charge is -2.20. The zero-order valence-electron chi connectivity index (χ0n) is 13.8. The first kappa shape index (κ1) is 16.1. The third-order valence-electron chi connectivity index (χ3n) is 4.48. The SMILES string of the molecule is Clc1cccc(Nc2ncc3[nH]c(OCC4CCCCC4)nc3n2)c1. The van der Waals surface area contributed by atoms with Gasteiger partial charge in [0.2, 0.25) is 5.95 Å². The number of ether oxygens (including phenoxy) is 1. The fourth-order valence-corrected chi connectivity index (χ4v) is 3.35. The van der Waals surface area contributed by atoms with Crippen molar-refractivity contribution in [3.63, 3.8) is 0 Å². The number of fused-ring (bicyclic) bond motifs is 1. The van der Waals surface area contributed by atoms with E-state index in [4.69, 9.17) is 16.3 Å². The van der Waals surface area contributed by atoms with Crippen LogP contribution in [-0.4, -0.2) is 26.5 Å². The van der Waals surface area contributed by atoms with Gasteiger partial charge in [-0.2, -0.15) is 9.97 Å². The molecule has 0 bridgehead atoms. The molecule has 2 aromatic heterocycles. The van der Waals surface area contributed by atoms with Gasteiger partial charge in [0.15, 0.2) is 5.65 Å². The molecule has 0 aliphatic heterocycles. The lowest BCUT2D eigenvalue weighted by molar-refractivity contribution is 0.198. The van der Waals surface area contributed by atoms with Crippen LogP contribution in [0.25, 0.3) is 11.2 Å². The summed E-state index contributed by atoms with van der Waals surface area (Å²) in [5.41, 5.74) is 2.17. The molecule has 0 saturated heterocycles. The van der Waals surface area contributed by atoms with Gasteiger partial charge in [0.25, 0.3) is 6.01 Å². The third-order valence-corrected chi connectivity index (χ3v) is 4.71. The zero-order chi connectivity index (χ0) is 17.1. The largest absolute Gasteiger partial charge is 0.464 e. The Balaban J connectivity index is 1.45. The Morgan fingerprint density at radius 2 is 2.08 bits per heavy atom. The summed E-state index contributed by atoms with van der Waals surface area (Å²) in [4.78, 5) is 16.3. The van der Waals surface area contributed by atoms with Crippen LogP contribution in [0.4, 0.5) is 11.6 Å². The standard InChI is InChI=1S/C18H20ClN5O/c19-13-7-4-8-14(9-13)21-17-20-10-15-16(23-17)24-18(22-15)25-11-12-5-2-1-3-6-12/h4,7-10,12H,1-3,5-6,11H2,(H2,20,21,22,23,24). The topological polar surface area (TPSA) is 75.7 Å². The fraction of sp³-hybridized carbons (Fsp3) is 0.389. The first-order valence-corrected chi connectivity index (χ1v) is 9.02. The number of hydrogen-bond acceptors (Lipinski definition) is 5. The maximum absolute atomic E-state index is 5.99. The smallest absolute Gasteiger partial charge is 0.296 e. The number of halogens is 1. The van der Waals surface area contributed by atoms with Gasteiger partial charge in [-0.3, -0.25) is 0 Å². The van der Waals surface area contributed by atoms with Crippen molar-refractivity contribution in [3.8, 4) is 6.01 Å². The number of anilines is 2. The van der Waals surface area contributed by atoms with E-state index in [-0.39, 0.29) is 0 Å². The molecule has 0 atom stereocenters. The second-order valence-corrected chi connectivity index (χ2v) is 6.86. The quantitative estimate of drug-likeness (QED) is 0.691. The third kappa shape index (κ3) is 4.02. The molecule has 0 unspecified atom stereocenters. The van der Waals surface area contributed by atoms with Crippen LogP contribution >= 0.6 is 11.6 Å². The number of aromatic nitrogens is 4. The van der Waals surface area contributed by atoms with Crippen LogP contribution in [0.3, 0.4) is 0 Å². The van der Waals surface area contributed by atoms with Crippen molar-refractivity contribution in [1.29, 1.82) is 0 Å². The van der Waals surface area contributed by atoms with Gasteiger partial charge >= 0.3 is 0 Å². The number of nitrogens with one attached hydrogen (secondary N) is 2. The Labute approximate surface area is 151 Å². The Hall–Kier alpha value is -2.34. The number of aromatic amines is 1. The molecule has 130 valence electrons. The van der Waals surface area contributed by atoms with Crippen LogP contribution in [0.2, 0.25) is 5.02 Å². The summed E-state index contributed by atoms with van der Waals surface area (Å²) < 4.78 is 5.83. The first-order valence-electron chi connectivity index (χ1n) is 8.64. The Kier molecular flexibility index (Phi) is 4.70. The van der Waals surface area contributed by atoms with Crippen molar-refractivity contribution in [3.05, 3.63) is 35.5 Å². The highest BCUT2D eigenvalue weighted by molar-refractivity contribution is 6.30. The predicted octanol–water partition coefficient (Wildman–Crippen LogP) is 4.71. The molecular formula is C18H20ClN5O. The van der Waals surface area contributed by atoms with Crippen molar-refractivity contribution in [2.75, 3.05) is 11.9 Å². The minimum absolute atomic E-state index is 0.472. The molecule has 0 spiro atoms. The molecule has 4 rings (SSSR count). The molecule has 2 heterocycles. The van der Waals surface area contributed by atoms with Gasteiger partial charge in [-0.15, -0.1) is 0 Å². The molecule has 1 aromatic carbocycles. The van der Waals surface area contributed by atoms with Crippen molar-refractivity contribution in [1.82, 2.24) is 19.9 Å². The molecule has 1 saturated carbocycles. The number of H-pyrrole nitrogens is 1. The van der Waals surface area contributed by atoms with E-state index in [2.05, 4.69) is 25.3 Å². The summed E-state index contributed by atoms with van der Waals surface area (Å²) in [6, 6.07) is 7.92. The second kappa shape index (κ2) is 7.27. The van der Waals surface area contributed by atoms with E-state index in [9.17, 15) is 0 Å². The Morgan fingerprint density at radius 3 is 2.92 bits per heavy atom. The molecule has 0 radical (unpaired) electrons. The lowest BCUT2D eigenvalue weighted by atomic mass is 9.90. The molecule has 25 heavy (non-hydrogen) atoms. The summed E-state index contributed by atoms with van der Waals surface area (Å²) in [5, 5.41) is 3.79. The average Bonchev–Trinajstić information content (AvgIpc) is 3.03. The summed E-state index contributed by atoms with van der Waals surface area (Å²) in [6.07, 6.45) is 8.15. The van der Waals surface area contributed by atoms with Gasteiger partial charge < -0.3 is 15.0 Å². The minimum Gasteiger partial charge on any atom is -0.464 e. The molecule has 0 amide bonds. The summed E-state index contributed by atoms with van der Waals surface area (Å²) >= 11 is 5.99. The summed E-state index contributed by atoms with van der Waals surface area (Å²) in [6.45, 7) is 0.709. The molecular weight excluding hydrogens is 338 g/mol. The fourth-order valence-electron chi connectivity index (χ4n) is 3.16. The summed E-state index contributed by atoms with van der Waals surface area (Å²) in [7, 11) is 0. The van der Waals surface area contributed by atoms with Crippen LogP contribution < -0.4 is 10.1 Å². The number of rotatable bonds is 5. The molecule has 2 N–H and O–H groups in total. The van der Waals surface area contributed by atoms with E-state index in [1.165, 1.54) is 32.1 Å². The van der Waals surface area contributed by atoms with Crippen molar-refractivity contribution in [2.24, 2.45) is 5.92 Å². The highest BCUT2D eigenvalue weighted by atomic mass is 35.5. The van der Waals surface area contributed by atoms with E-state index in [1.807, 2.05) is 24.3 Å². The van der Waals surface area contributed by atoms with Crippen LogP contribution in [0.15, 0.2) is 30.5 Å². The van der Waals surface area contributed by atoms with Gasteiger partial charge in [0.05, 0.1) is 12.8 Å². The maximum atomic E-state index is 5.99. The molecule has 1 aliphatic rings. The first-order chi connectivity index (χ1) is 12.3. The highest BCUT2D eigenvalue weighted by Crippen LogP contribution is 2.25. The highest BCUT2D eigenvalue weighted by Gasteiger charge is 2.15. The van der Waals surface area contributed by atoms with Crippen LogP contribution in [0, 0.1) is 5.92 Å². The van der Waals surface area contributed by atoms with Gasteiger partial charge in [-0.1, -0.05) is 36.9 Å². The molecule has 6 nitrogen and oxygen atoms in total. The van der Waals surface area contributed by atoms with E-state index < -0.39 is 0 Å². The van der Waals surface area contributed by atoms with Crippen LogP contribution in [0.5, 0.6) is 6.01 Å². The summed E-state index contributed by atoms with van der Waals surface area (Å²) in [5.74, 6) is 1.10. The number of hydrogen-bond donors (Lipinski definition) is 2. The van der Waals surface area contributed by atoms with Crippen molar-refractivity contribution >= 4 is 34.4 Å².